The van der Waals surface area contributed by atoms with Gasteiger partial charge in [0.1, 0.15) is 17.3 Å². The largest absolute Gasteiger partial charge is 0.494 e. The number of fused-ring (bicyclic) bond motifs is 4. The Balaban J connectivity index is 1.38. The van der Waals surface area contributed by atoms with E-state index >= 15 is 4.39 Å². The SMILES string of the molecule is Cc1cc(OCCCc2c3n(c4c(-c5c(C)nn(C)c5C)c(Cl)ccc24)[C@H](C)CN(c2ccc(F)c4c(C(=O)O)c[nH]c24)C3=O)cc(C)c1Cl. The minimum absolute atomic E-state index is 0.0665. The quantitative estimate of drug-likeness (QED) is 0.153. The van der Waals surface area contributed by atoms with Crippen LogP contribution in [0.5, 0.6) is 5.75 Å². The Hall–Kier alpha value is -4.80. The number of hydrogen-bond donors (Lipinski definition) is 2. The molecule has 0 saturated heterocycles. The van der Waals surface area contributed by atoms with Gasteiger partial charge in [0, 0.05) is 53.1 Å². The summed E-state index contributed by atoms with van der Waals surface area (Å²) in [4.78, 5) is 31.3. The second kappa shape index (κ2) is 12.5. The molecule has 0 radical (unpaired) electrons. The number of nitrogens with one attached hydrogen (secondary N) is 1. The maximum Gasteiger partial charge on any atom is 0.337 e. The number of amides is 1. The lowest BCUT2D eigenvalue weighted by atomic mass is 9.98. The van der Waals surface area contributed by atoms with Crippen molar-refractivity contribution in [2.75, 3.05) is 18.1 Å². The molecule has 1 atom stereocenters. The number of rotatable bonds is 8. The van der Waals surface area contributed by atoms with Crippen molar-refractivity contribution >= 4 is 62.6 Å². The molecule has 50 heavy (non-hydrogen) atoms. The van der Waals surface area contributed by atoms with Crippen molar-refractivity contribution in [2.24, 2.45) is 7.05 Å². The number of carbonyl (C=O) groups is 2. The van der Waals surface area contributed by atoms with E-state index in [0.717, 1.165) is 55.9 Å². The maximum atomic E-state index is 15.0. The number of hydrogen-bond acceptors (Lipinski definition) is 4. The Morgan fingerprint density at radius 1 is 1.10 bits per heavy atom. The van der Waals surface area contributed by atoms with E-state index in [2.05, 4.69) is 14.6 Å². The van der Waals surface area contributed by atoms with Crippen LogP contribution in [0.15, 0.2) is 42.6 Å². The van der Waals surface area contributed by atoms with Gasteiger partial charge in [0.05, 0.1) is 45.0 Å². The smallest absolute Gasteiger partial charge is 0.337 e. The lowest BCUT2D eigenvalue weighted by Gasteiger charge is -2.34. The van der Waals surface area contributed by atoms with Crippen LogP contribution >= 0.6 is 23.2 Å². The molecule has 9 nitrogen and oxygen atoms in total. The molecule has 0 saturated carbocycles. The number of nitrogens with zero attached hydrogens (tertiary/aromatic N) is 4. The number of carbonyl (C=O) groups excluding carboxylic acids is 1. The fraction of sp³-hybridized carbons (Fsp3) is 0.289. The van der Waals surface area contributed by atoms with E-state index in [1.165, 1.54) is 18.3 Å². The molecule has 3 aromatic carbocycles. The molecular weight excluding hydrogens is 680 g/mol. The van der Waals surface area contributed by atoms with Crippen molar-refractivity contribution in [2.45, 2.75) is 53.5 Å². The molecule has 0 fully saturated rings. The summed E-state index contributed by atoms with van der Waals surface area (Å²) in [5.41, 5.74) is 8.04. The van der Waals surface area contributed by atoms with Gasteiger partial charge < -0.3 is 24.3 Å². The number of aromatic carboxylic acids is 1. The highest BCUT2D eigenvalue weighted by Crippen LogP contribution is 2.45. The van der Waals surface area contributed by atoms with Crippen LogP contribution < -0.4 is 9.64 Å². The number of aryl methyl sites for hydroxylation is 5. The molecule has 0 unspecified atom stereocenters. The number of carboxylic acids is 1. The van der Waals surface area contributed by atoms with E-state index < -0.39 is 11.8 Å². The van der Waals surface area contributed by atoms with Crippen LogP contribution in [0.4, 0.5) is 10.1 Å². The number of anilines is 1. The lowest BCUT2D eigenvalue weighted by Crippen LogP contribution is -2.42. The van der Waals surface area contributed by atoms with Gasteiger partial charge >= 0.3 is 5.97 Å². The summed E-state index contributed by atoms with van der Waals surface area (Å²) < 4.78 is 25.1. The first-order chi connectivity index (χ1) is 23.8. The number of H-pyrrole nitrogens is 1. The van der Waals surface area contributed by atoms with E-state index in [1.54, 1.807) is 4.90 Å². The number of aromatic nitrogens is 4. The first-order valence-corrected chi connectivity index (χ1v) is 17.2. The minimum atomic E-state index is -1.26. The highest BCUT2D eigenvalue weighted by molar-refractivity contribution is 6.35. The predicted octanol–water partition coefficient (Wildman–Crippen LogP) is 9.13. The van der Waals surface area contributed by atoms with Crippen molar-refractivity contribution in [1.82, 2.24) is 19.3 Å². The molecule has 6 aromatic rings. The average Bonchev–Trinajstić information content (AvgIpc) is 3.73. The first kappa shape index (κ1) is 33.7. The lowest BCUT2D eigenvalue weighted by molar-refractivity contribution is 0.0698. The van der Waals surface area contributed by atoms with E-state index in [-0.39, 0.29) is 35.0 Å². The number of carboxylic acid groups (broad SMARTS) is 1. The zero-order valence-electron chi connectivity index (χ0n) is 28.5. The van der Waals surface area contributed by atoms with Crippen molar-refractivity contribution in [3.63, 3.8) is 0 Å². The summed E-state index contributed by atoms with van der Waals surface area (Å²) in [5, 5.41) is 16.5. The van der Waals surface area contributed by atoms with Gasteiger partial charge in [0.15, 0.2) is 0 Å². The van der Waals surface area contributed by atoms with Gasteiger partial charge in [-0.2, -0.15) is 5.10 Å². The molecule has 258 valence electrons. The summed E-state index contributed by atoms with van der Waals surface area (Å²) in [6, 6.07) is 10.2. The summed E-state index contributed by atoms with van der Waals surface area (Å²) in [7, 11) is 1.90. The molecule has 1 amide bonds. The Morgan fingerprint density at radius 3 is 2.48 bits per heavy atom. The predicted molar refractivity (Wildman–Crippen MR) is 195 cm³/mol. The molecule has 7 rings (SSSR count). The van der Waals surface area contributed by atoms with Crippen molar-refractivity contribution in [1.29, 1.82) is 0 Å². The maximum absolute atomic E-state index is 15.0. The van der Waals surface area contributed by atoms with Gasteiger partial charge in [-0.3, -0.25) is 9.48 Å². The topological polar surface area (TPSA) is 105 Å². The van der Waals surface area contributed by atoms with Gasteiger partial charge in [-0.25, -0.2) is 9.18 Å². The van der Waals surface area contributed by atoms with Gasteiger partial charge in [-0.05, 0) is 94.5 Å². The van der Waals surface area contributed by atoms with Gasteiger partial charge in [-0.1, -0.05) is 29.3 Å². The molecule has 0 bridgehead atoms. The van der Waals surface area contributed by atoms with Crippen LogP contribution in [0.2, 0.25) is 10.0 Å². The number of aromatic amines is 1. The standard InChI is InChI=1S/C38H36Cl2FN5O4/c1-18-14-23(15-19(2)33(18)40)50-13-7-8-24-25-9-10-27(39)32(30-21(4)43-44(6)22(30)5)35(25)46-20(3)17-45(37(47)36(24)46)29-12-11-28(41)31-26(38(48)49)16-42-34(29)31/h9-12,14-16,20,42H,7-8,13,17H2,1-6H3,(H,48,49)/t20-/m1/s1. The van der Waals surface area contributed by atoms with Crippen LogP contribution in [0.25, 0.3) is 32.9 Å². The molecule has 4 heterocycles. The van der Waals surface area contributed by atoms with Crippen LogP contribution in [-0.2, 0) is 13.5 Å². The van der Waals surface area contributed by atoms with Crippen molar-refractivity contribution in [3.8, 4) is 16.9 Å². The van der Waals surface area contributed by atoms with Crippen molar-refractivity contribution in [3.05, 3.63) is 97.8 Å². The molecule has 2 N–H and O–H groups in total. The molecule has 1 aliphatic heterocycles. The highest BCUT2D eigenvalue weighted by Gasteiger charge is 2.37. The Labute approximate surface area is 298 Å². The third kappa shape index (κ3) is 5.24. The summed E-state index contributed by atoms with van der Waals surface area (Å²) in [6.45, 7) is 10.5. The van der Waals surface area contributed by atoms with E-state index in [9.17, 15) is 14.7 Å². The number of ether oxygens (including phenoxy) is 1. The first-order valence-electron chi connectivity index (χ1n) is 16.4. The van der Waals surface area contributed by atoms with Gasteiger partial charge in [0.25, 0.3) is 5.91 Å². The van der Waals surface area contributed by atoms with Crippen LogP contribution in [-0.4, -0.2) is 49.5 Å². The van der Waals surface area contributed by atoms with Crippen LogP contribution in [0.3, 0.4) is 0 Å². The molecule has 3 aromatic heterocycles. The Kier molecular flexibility index (Phi) is 8.43. The number of benzene rings is 3. The van der Waals surface area contributed by atoms with Crippen LogP contribution in [0.1, 0.15) is 68.3 Å². The minimum Gasteiger partial charge on any atom is -0.494 e. The van der Waals surface area contributed by atoms with E-state index in [1.807, 2.05) is 70.6 Å². The Bertz CT molecular complexity index is 2370. The molecule has 1 aliphatic rings. The van der Waals surface area contributed by atoms with Gasteiger partial charge in [-0.15, -0.1) is 0 Å². The third-order valence-corrected chi connectivity index (χ3v) is 10.8. The zero-order chi connectivity index (χ0) is 35.8. The second-order valence-corrected chi connectivity index (χ2v) is 13.9. The number of halogens is 3. The molecule has 0 spiro atoms. The third-order valence-electron chi connectivity index (χ3n) is 9.85. The molecular formula is C38H36Cl2FN5O4. The van der Waals surface area contributed by atoms with Crippen LogP contribution in [0, 0.1) is 33.5 Å². The van der Waals surface area contributed by atoms with Crippen molar-refractivity contribution < 1.29 is 23.8 Å². The monoisotopic (exact) mass is 715 g/mol. The second-order valence-electron chi connectivity index (χ2n) is 13.1. The Morgan fingerprint density at radius 2 is 1.82 bits per heavy atom. The zero-order valence-corrected chi connectivity index (χ0v) is 30.1. The summed E-state index contributed by atoms with van der Waals surface area (Å²) in [6.07, 6.45) is 2.39. The fourth-order valence-electron chi connectivity index (χ4n) is 7.52. The highest BCUT2D eigenvalue weighted by atomic mass is 35.5. The van der Waals surface area contributed by atoms with E-state index in [4.69, 9.17) is 27.9 Å². The molecule has 0 aliphatic carbocycles. The summed E-state index contributed by atoms with van der Waals surface area (Å²) in [5.74, 6) is -1.49. The van der Waals surface area contributed by atoms with E-state index in [0.29, 0.717) is 40.9 Å². The summed E-state index contributed by atoms with van der Waals surface area (Å²) >= 11 is 13.4. The molecule has 12 heteroatoms. The fourth-order valence-corrected chi connectivity index (χ4v) is 7.88. The average molecular weight is 717 g/mol. The normalized spacial score (nSPS) is 14.6. The van der Waals surface area contributed by atoms with Gasteiger partial charge in [0.2, 0.25) is 0 Å².